The number of nitrogens with one attached hydrogen (secondary N) is 1. The van der Waals surface area contributed by atoms with Crippen molar-refractivity contribution in [1.82, 2.24) is 14.9 Å². The lowest BCUT2D eigenvalue weighted by Gasteiger charge is -2.35. The number of thiazole rings is 1. The molecule has 34 heavy (non-hydrogen) atoms. The second kappa shape index (κ2) is 9.87. The van der Waals surface area contributed by atoms with Crippen LogP contribution in [0.25, 0.3) is 10.4 Å². The number of anilines is 1. The molecule has 3 heterocycles. The number of carbonyl (C=O) groups is 1. The summed E-state index contributed by atoms with van der Waals surface area (Å²) in [6.45, 7) is 0.925. The molecule has 0 bridgehead atoms. The van der Waals surface area contributed by atoms with Crippen molar-refractivity contribution in [2.24, 2.45) is 0 Å². The van der Waals surface area contributed by atoms with Crippen LogP contribution in [-0.4, -0.2) is 54.6 Å². The molecule has 1 N–H and O–H groups in total. The molecule has 0 unspecified atom stereocenters. The Labute approximate surface area is 201 Å². The molecule has 1 aromatic carbocycles. The zero-order valence-electron chi connectivity index (χ0n) is 18.4. The van der Waals surface area contributed by atoms with Crippen molar-refractivity contribution >= 4 is 32.9 Å². The summed E-state index contributed by atoms with van der Waals surface area (Å²) in [7, 11) is -3.64. The highest BCUT2D eigenvalue weighted by Crippen LogP contribution is 2.34. The SMILES string of the molecule is CS(=O)(=O)c1nc(C(=O)N2CCCC[C@H]2CNc2cc(C#N)ccn2)c(-c2ccc(F)cc2)s1. The van der Waals surface area contributed by atoms with E-state index in [0.29, 0.717) is 34.9 Å². The summed E-state index contributed by atoms with van der Waals surface area (Å²) < 4.78 is 37.7. The lowest BCUT2D eigenvalue weighted by Crippen LogP contribution is -2.47. The monoisotopic (exact) mass is 499 g/mol. The molecule has 8 nitrogen and oxygen atoms in total. The van der Waals surface area contributed by atoms with E-state index in [2.05, 4.69) is 21.4 Å². The molecule has 1 saturated heterocycles. The molecule has 1 aliphatic rings. The Kier molecular flexibility index (Phi) is 6.90. The Bertz CT molecular complexity index is 1350. The maximum Gasteiger partial charge on any atom is 0.274 e. The normalized spacial score (nSPS) is 16.1. The van der Waals surface area contributed by atoms with Crippen LogP contribution in [0.4, 0.5) is 10.2 Å². The smallest absolute Gasteiger partial charge is 0.274 e. The number of halogens is 1. The Morgan fingerprint density at radius 1 is 1.29 bits per heavy atom. The van der Waals surface area contributed by atoms with Gasteiger partial charge in [0.15, 0.2) is 0 Å². The number of hydrogen-bond acceptors (Lipinski definition) is 8. The predicted molar refractivity (Wildman–Crippen MR) is 127 cm³/mol. The molecular formula is C23H22FN5O3S2. The number of nitrogens with zero attached hydrogens (tertiary/aromatic N) is 4. The molecule has 0 radical (unpaired) electrons. The minimum atomic E-state index is -3.64. The van der Waals surface area contributed by atoms with Gasteiger partial charge in [0, 0.05) is 31.6 Å². The van der Waals surface area contributed by atoms with E-state index in [9.17, 15) is 17.6 Å². The van der Waals surface area contributed by atoms with Crippen LogP contribution in [0.15, 0.2) is 46.9 Å². The number of carbonyl (C=O) groups excluding carboxylic acids is 1. The summed E-state index contributed by atoms with van der Waals surface area (Å²) in [6, 6.07) is 10.7. The lowest BCUT2D eigenvalue weighted by atomic mass is 10.0. The largest absolute Gasteiger partial charge is 0.368 e. The molecule has 11 heteroatoms. The zero-order valence-corrected chi connectivity index (χ0v) is 20.0. The maximum absolute atomic E-state index is 13.6. The molecule has 0 saturated carbocycles. The molecule has 1 amide bonds. The number of nitriles is 1. The summed E-state index contributed by atoms with van der Waals surface area (Å²) in [6.07, 6.45) is 5.11. The van der Waals surface area contributed by atoms with Crippen molar-refractivity contribution < 1.29 is 17.6 Å². The van der Waals surface area contributed by atoms with Crippen LogP contribution < -0.4 is 5.32 Å². The van der Waals surface area contributed by atoms with Gasteiger partial charge in [-0.05, 0) is 49.1 Å². The third kappa shape index (κ3) is 5.24. The van der Waals surface area contributed by atoms with Crippen LogP contribution in [0.5, 0.6) is 0 Å². The molecule has 1 fully saturated rings. The molecule has 0 aliphatic carbocycles. The maximum atomic E-state index is 13.6. The fourth-order valence-corrected chi connectivity index (χ4v) is 5.74. The number of benzene rings is 1. The minimum Gasteiger partial charge on any atom is -0.368 e. The van der Waals surface area contributed by atoms with E-state index >= 15 is 0 Å². The third-order valence-corrected chi connectivity index (χ3v) is 8.31. The second-order valence-corrected chi connectivity index (χ2v) is 11.2. The Morgan fingerprint density at radius 2 is 2.06 bits per heavy atom. The van der Waals surface area contributed by atoms with E-state index in [1.165, 1.54) is 24.3 Å². The Hall–Kier alpha value is -3.36. The first-order valence-electron chi connectivity index (χ1n) is 10.6. The summed E-state index contributed by atoms with van der Waals surface area (Å²) >= 11 is 0.908. The van der Waals surface area contributed by atoms with Gasteiger partial charge in [-0.25, -0.2) is 22.8 Å². The van der Waals surface area contributed by atoms with Crippen LogP contribution in [0, 0.1) is 17.1 Å². The van der Waals surface area contributed by atoms with E-state index in [4.69, 9.17) is 5.26 Å². The van der Waals surface area contributed by atoms with E-state index in [1.807, 2.05) is 0 Å². The van der Waals surface area contributed by atoms with Crippen molar-refractivity contribution in [3.63, 3.8) is 0 Å². The highest BCUT2D eigenvalue weighted by molar-refractivity contribution is 7.92. The minimum absolute atomic E-state index is 0.0496. The van der Waals surface area contributed by atoms with Crippen molar-refractivity contribution in [2.75, 3.05) is 24.7 Å². The molecule has 2 aromatic heterocycles. The van der Waals surface area contributed by atoms with Gasteiger partial charge in [0.25, 0.3) is 5.91 Å². The van der Waals surface area contributed by atoms with Crippen LogP contribution in [-0.2, 0) is 9.84 Å². The lowest BCUT2D eigenvalue weighted by molar-refractivity contribution is 0.0623. The molecular weight excluding hydrogens is 477 g/mol. The van der Waals surface area contributed by atoms with E-state index in [-0.39, 0.29) is 22.0 Å². The number of aromatic nitrogens is 2. The first-order valence-corrected chi connectivity index (χ1v) is 13.3. The molecule has 176 valence electrons. The van der Waals surface area contributed by atoms with Crippen LogP contribution in [0.1, 0.15) is 35.3 Å². The number of rotatable bonds is 6. The fourth-order valence-electron chi connectivity index (χ4n) is 3.84. The van der Waals surface area contributed by atoms with Crippen molar-refractivity contribution in [1.29, 1.82) is 5.26 Å². The highest BCUT2D eigenvalue weighted by Gasteiger charge is 2.32. The number of hydrogen-bond donors (Lipinski definition) is 1. The van der Waals surface area contributed by atoms with Crippen molar-refractivity contribution in [3.8, 4) is 16.5 Å². The van der Waals surface area contributed by atoms with E-state index in [1.54, 1.807) is 23.2 Å². The number of pyridine rings is 1. The van der Waals surface area contributed by atoms with Gasteiger partial charge in [0.1, 0.15) is 17.3 Å². The zero-order chi connectivity index (χ0) is 24.3. The number of piperidine rings is 1. The van der Waals surface area contributed by atoms with Gasteiger partial charge in [-0.2, -0.15) is 5.26 Å². The number of amides is 1. The molecule has 1 aliphatic heterocycles. The quantitative estimate of drug-likeness (QED) is 0.549. The van der Waals surface area contributed by atoms with Gasteiger partial charge in [-0.1, -0.05) is 12.1 Å². The van der Waals surface area contributed by atoms with Crippen LogP contribution >= 0.6 is 11.3 Å². The van der Waals surface area contributed by atoms with Gasteiger partial charge in [-0.15, -0.1) is 11.3 Å². The average molecular weight is 500 g/mol. The first-order chi connectivity index (χ1) is 16.3. The van der Waals surface area contributed by atoms with Gasteiger partial charge in [-0.3, -0.25) is 4.79 Å². The first kappa shape index (κ1) is 23.8. The van der Waals surface area contributed by atoms with E-state index in [0.717, 1.165) is 36.9 Å². The topological polar surface area (TPSA) is 116 Å². The summed E-state index contributed by atoms with van der Waals surface area (Å²) in [5.41, 5.74) is 1.06. The average Bonchev–Trinajstić information content (AvgIpc) is 3.29. The van der Waals surface area contributed by atoms with Crippen LogP contribution in [0.2, 0.25) is 0 Å². The standard InChI is InChI=1S/C23H22FN5O3S2/c1-34(31,32)23-28-20(21(33-23)16-5-7-17(24)8-6-16)22(30)29-11-3-2-4-18(29)14-27-19-12-15(13-25)9-10-26-19/h5-10,12,18H,2-4,11,14H2,1H3,(H,26,27)/t18-/m0/s1. The number of likely N-dealkylation sites (tertiary alicyclic amines) is 1. The van der Waals surface area contributed by atoms with Crippen molar-refractivity contribution in [2.45, 2.75) is 29.6 Å². The van der Waals surface area contributed by atoms with E-state index < -0.39 is 15.7 Å². The molecule has 4 rings (SSSR count). The Morgan fingerprint density at radius 3 is 2.76 bits per heavy atom. The molecule has 1 atom stereocenters. The Balaban J connectivity index is 1.63. The van der Waals surface area contributed by atoms with Gasteiger partial charge >= 0.3 is 0 Å². The third-order valence-electron chi connectivity index (χ3n) is 5.53. The van der Waals surface area contributed by atoms with Crippen molar-refractivity contribution in [3.05, 3.63) is 59.7 Å². The van der Waals surface area contributed by atoms with Gasteiger partial charge < -0.3 is 10.2 Å². The van der Waals surface area contributed by atoms with Crippen LogP contribution in [0.3, 0.4) is 0 Å². The number of sulfone groups is 1. The van der Waals surface area contributed by atoms with Gasteiger partial charge in [0.2, 0.25) is 14.2 Å². The fraction of sp³-hybridized carbons (Fsp3) is 0.304. The summed E-state index contributed by atoms with van der Waals surface area (Å²) in [5, 5.41) is 12.3. The highest BCUT2D eigenvalue weighted by atomic mass is 32.2. The second-order valence-electron chi connectivity index (χ2n) is 8.01. The predicted octanol–water partition coefficient (Wildman–Crippen LogP) is 3.73. The summed E-state index contributed by atoms with van der Waals surface area (Å²) in [5.74, 6) is -0.256. The summed E-state index contributed by atoms with van der Waals surface area (Å²) in [4.78, 5) is 24.2. The molecule has 3 aromatic rings. The van der Waals surface area contributed by atoms with Gasteiger partial charge in [0.05, 0.1) is 16.5 Å². The molecule has 0 spiro atoms.